The normalized spacial score (nSPS) is 14.3. The van der Waals surface area contributed by atoms with E-state index < -0.39 is 23.5 Å². The lowest BCUT2D eigenvalue weighted by molar-refractivity contribution is -0.131. The lowest BCUT2D eigenvalue weighted by atomic mass is 9.97. The maximum Gasteiger partial charge on any atom is 0.344 e. The van der Waals surface area contributed by atoms with Gasteiger partial charge < -0.3 is 23.0 Å². The molecule has 1 aliphatic rings. The van der Waals surface area contributed by atoms with Gasteiger partial charge in [-0.2, -0.15) is 0 Å². The number of ether oxygens (including phenoxy) is 3. The van der Waals surface area contributed by atoms with Crippen molar-refractivity contribution in [2.45, 2.75) is 27.1 Å². The van der Waals surface area contributed by atoms with Crippen molar-refractivity contribution in [3.05, 3.63) is 80.5 Å². The molecule has 0 N–H and O–H groups in total. The van der Waals surface area contributed by atoms with Crippen molar-refractivity contribution in [2.24, 2.45) is 0 Å². The zero-order valence-electron chi connectivity index (χ0n) is 18.7. The van der Waals surface area contributed by atoms with Gasteiger partial charge in [-0.05, 0) is 44.2 Å². The third-order valence-electron chi connectivity index (χ3n) is 5.43. The largest absolute Gasteiger partial charge is 0.460 e. The minimum Gasteiger partial charge on any atom is -0.460 e. The summed E-state index contributed by atoms with van der Waals surface area (Å²) >= 11 is 0. The second-order valence-corrected chi connectivity index (χ2v) is 7.87. The van der Waals surface area contributed by atoms with Gasteiger partial charge in [0.25, 0.3) is 0 Å². The first-order chi connectivity index (χ1) is 16.3. The fourth-order valence-electron chi connectivity index (χ4n) is 4.03. The molecule has 0 bridgehead atoms. The summed E-state index contributed by atoms with van der Waals surface area (Å²) in [6.07, 6.45) is -0.791. The van der Waals surface area contributed by atoms with Crippen LogP contribution in [0.1, 0.15) is 31.3 Å². The topological polar surface area (TPSA) is 105 Å². The van der Waals surface area contributed by atoms with E-state index in [1.54, 1.807) is 18.2 Å². The molecular formula is C26H20O8. The molecule has 8 nitrogen and oxygen atoms in total. The molecule has 0 amide bonds. The number of hydrogen-bond donors (Lipinski definition) is 0. The predicted octanol–water partition coefficient (Wildman–Crippen LogP) is 4.74. The molecule has 8 heteroatoms. The molecule has 34 heavy (non-hydrogen) atoms. The maximum absolute atomic E-state index is 13.2. The van der Waals surface area contributed by atoms with Crippen LogP contribution in [0.25, 0.3) is 33.4 Å². The lowest BCUT2D eigenvalue weighted by Gasteiger charge is -2.27. The van der Waals surface area contributed by atoms with Crippen LogP contribution in [-0.2, 0) is 9.53 Å². The summed E-state index contributed by atoms with van der Waals surface area (Å²) in [5.74, 6) is 0.623. The van der Waals surface area contributed by atoms with Crippen LogP contribution in [0.15, 0.2) is 67.0 Å². The minimum atomic E-state index is -0.791. The number of carbonyl (C=O) groups excluding carboxylic acids is 1. The zero-order chi connectivity index (χ0) is 24.0. The third-order valence-corrected chi connectivity index (χ3v) is 5.43. The SMILES string of the molecule is CCOC1Oc2ccc(C)cc2-c2oc(=O)c(-c3cc(=O)oc4cc(OC(C)=O)ccc34)cc21. The molecule has 1 atom stereocenters. The van der Waals surface area contributed by atoms with Gasteiger partial charge in [0.1, 0.15) is 17.1 Å². The average molecular weight is 460 g/mol. The Labute approximate surface area is 193 Å². The van der Waals surface area contributed by atoms with E-state index >= 15 is 0 Å². The molecule has 4 aromatic rings. The van der Waals surface area contributed by atoms with E-state index in [-0.39, 0.29) is 16.9 Å². The van der Waals surface area contributed by atoms with Crippen LogP contribution in [0.3, 0.4) is 0 Å². The zero-order valence-corrected chi connectivity index (χ0v) is 18.7. The molecule has 0 saturated heterocycles. The number of carbonyl (C=O) groups is 1. The Morgan fingerprint density at radius 1 is 0.971 bits per heavy atom. The number of benzene rings is 2. The fraction of sp³-hybridized carbons (Fsp3) is 0.192. The van der Waals surface area contributed by atoms with Gasteiger partial charge >= 0.3 is 17.2 Å². The van der Waals surface area contributed by atoms with Gasteiger partial charge in [0, 0.05) is 36.6 Å². The Bertz CT molecular complexity index is 1560. The molecule has 2 aromatic carbocycles. The van der Waals surface area contributed by atoms with Crippen LogP contribution >= 0.6 is 0 Å². The van der Waals surface area contributed by atoms with Crippen LogP contribution in [0.4, 0.5) is 0 Å². The third kappa shape index (κ3) is 3.78. The van der Waals surface area contributed by atoms with Crippen molar-refractivity contribution in [1.82, 2.24) is 0 Å². The second-order valence-electron chi connectivity index (χ2n) is 7.87. The van der Waals surface area contributed by atoms with Gasteiger partial charge in [-0.25, -0.2) is 9.59 Å². The number of hydrogen-bond acceptors (Lipinski definition) is 8. The molecule has 1 unspecified atom stereocenters. The first-order valence-electron chi connectivity index (χ1n) is 10.7. The van der Waals surface area contributed by atoms with Crippen LogP contribution in [0.2, 0.25) is 0 Å². The summed E-state index contributed by atoms with van der Waals surface area (Å²) < 4.78 is 28.0. The van der Waals surface area contributed by atoms with Gasteiger partial charge in [0.2, 0.25) is 6.29 Å². The van der Waals surface area contributed by atoms with Crippen LogP contribution in [-0.4, -0.2) is 12.6 Å². The summed E-state index contributed by atoms with van der Waals surface area (Å²) in [6, 6.07) is 13.0. The Hall–Kier alpha value is -4.17. The van der Waals surface area contributed by atoms with Gasteiger partial charge in [-0.1, -0.05) is 11.6 Å². The van der Waals surface area contributed by atoms with E-state index in [2.05, 4.69) is 0 Å². The maximum atomic E-state index is 13.2. The van der Waals surface area contributed by atoms with Gasteiger partial charge in [-0.3, -0.25) is 4.79 Å². The van der Waals surface area contributed by atoms with E-state index in [0.29, 0.717) is 40.2 Å². The number of fused-ring (bicyclic) bond motifs is 4. The molecule has 172 valence electrons. The second kappa shape index (κ2) is 8.31. The Balaban J connectivity index is 1.73. The first kappa shape index (κ1) is 21.7. The molecular weight excluding hydrogens is 440 g/mol. The van der Waals surface area contributed by atoms with Crippen LogP contribution in [0, 0.1) is 6.92 Å². The summed E-state index contributed by atoms with van der Waals surface area (Å²) in [7, 11) is 0. The predicted molar refractivity (Wildman–Crippen MR) is 123 cm³/mol. The highest BCUT2D eigenvalue weighted by Crippen LogP contribution is 2.44. The molecule has 2 aromatic heterocycles. The number of aryl methyl sites for hydroxylation is 1. The molecule has 0 spiro atoms. The molecule has 0 saturated carbocycles. The highest BCUT2D eigenvalue weighted by atomic mass is 16.7. The van der Waals surface area contributed by atoms with Crippen molar-refractivity contribution in [1.29, 1.82) is 0 Å². The van der Waals surface area contributed by atoms with Gasteiger partial charge in [0.15, 0.2) is 5.76 Å². The smallest absolute Gasteiger partial charge is 0.344 e. The summed E-state index contributed by atoms with van der Waals surface area (Å²) in [5, 5.41) is 0.476. The highest BCUT2D eigenvalue weighted by Gasteiger charge is 2.31. The average Bonchev–Trinajstić information content (AvgIpc) is 2.78. The van der Waals surface area contributed by atoms with E-state index in [1.807, 2.05) is 32.0 Å². The minimum absolute atomic E-state index is 0.154. The van der Waals surface area contributed by atoms with Gasteiger partial charge in [0.05, 0.1) is 16.7 Å². The molecule has 0 radical (unpaired) electrons. The van der Waals surface area contributed by atoms with Crippen molar-refractivity contribution in [3.8, 4) is 33.9 Å². The standard InChI is InChI=1S/C26H20O8/c1-4-30-26-20-11-18(25(29)34-24(20)19-9-13(2)5-8-21(19)33-26)17-12-23(28)32-22-10-15(31-14(3)27)6-7-16(17)22/h5-12,26H,4H2,1-3H3. The van der Waals surface area contributed by atoms with E-state index in [4.69, 9.17) is 23.0 Å². The Morgan fingerprint density at radius 3 is 2.56 bits per heavy atom. The van der Waals surface area contributed by atoms with E-state index in [0.717, 1.165) is 5.56 Å². The Morgan fingerprint density at radius 2 is 1.79 bits per heavy atom. The van der Waals surface area contributed by atoms with E-state index in [1.165, 1.54) is 19.1 Å². The van der Waals surface area contributed by atoms with Crippen molar-refractivity contribution in [3.63, 3.8) is 0 Å². The molecule has 3 heterocycles. The van der Waals surface area contributed by atoms with Crippen LogP contribution in [0.5, 0.6) is 11.5 Å². The van der Waals surface area contributed by atoms with Crippen molar-refractivity contribution < 1.29 is 27.8 Å². The summed E-state index contributed by atoms with van der Waals surface area (Å²) in [5.41, 5.74) is 1.51. The van der Waals surface area contributed by atoms with Crippen LogP contribution < -0.4 is 20.7 Å². The fourth-order valence-corrected chi connectivity index (χ4v) is 4.03. The summed E-state index contributed by atoms with van der Waals surface area (Å²) in [4.78, 5) is 36.8. The molecule has 1 aliphatic heterocycles. The molecule has 0 fully saturated rings. The lowest BCUT2D eigenvalue weighted by Crippen LogP contribution is -2.20. The monoisotopic (exact) mass is 460 g/mol. The van der Waals surface area contributed by atoms with E-state index in [9.17, 15) is 14.4 Å². The molecule has 0 aliphatic carbocycles. The quantitative estimate of drug-likeness (QED) is 0.244. The molecule has 5 rings (SSSR count). The summed E-state index contributed by atoms with van der Waals surface area (Å²) in [6.45, 7) is 5.41. The van der Waals surface area contributed by atoms with Gasteiger partial charge in [-0.15, -0.1) is 0 Å². The van der Waals surface area contributed by atoms with Crippen molar-refractivity contribution in [2.75, 3.05) is 6.61 Å². The number of rotatable bonds is 4. The van der Waals surface area contributed by atoms with Crippen molar-refractivity contribution >= 4 is 16.9 Å². The first-order valence-corrected chi connectivity index (χ1v) is 10.7. The highest BCUT2D eigenvalue weighted by molar-refractivity contribution is 5.94. The number of esters is 1. The Kier molecular flexibility index (Phi) is 5.30.